The van der Waals surface area contributed by atoms with Crippen LogP contribution in [-0.4, -0.2) is 71.6 Å². The van der Waals surface area contributed by atoms with Crippen molar-refractivity contribution >= 4 is 29.8 Å². The molecule has 11 nitrogen and oxygen atoms in total. The Kier molecular flexibility index (Phi) is 7.86. The van der Waals surface area contributed by atoms with E-state index in [0.29, 0.717) is 18.4 Å². The molecule has 11 heteroatoms. The Morgan fingerprint density at radius 3 is 1.71 bits per heavy atom. The minimum Gasteiger partial charge on any atom is -0.462 e. The molecule has 0 aromatic rings. The van der Waals surface area contributed by atoms with Crippen molar-refractivity contribution in [3.8, 4) is 0 Å². The second-order valence-electron chi connectivity index (χ2n) is 13.1. The lowest BCUT2D eigenvalue weighted by molar-refractivity contribution is -0.316. The zero-order chi connectivity index (χ0) is 30.8. The maximum Gasteiger partial charge on any atom is 0.303 e. The van der Waals surface area contributed by atoms with Crippen molar-refractivity contribution in [2.45, 2.75) is 111 Å². The first kappa shape index (κ1) is 31.0. The van der Waals surface area contributed by atoms with Gasteiger partial charge in [0.05, 0.1) is 6.10 Å². The van der Waals surface area contributed by atoms with E-state index in [-0.39, 0.29) is 12.3 Å². The molecule has 0 aromatic heterocycles. The fraction of sp³-hybridized carbons (Fsp3) is 0.767. The summed E-state index contributed by atoms with van der Waals surface area (Å²) in [4.78, 5) is 62.3. The van der Waals surface area contributed by atoms with Crippen LogP contribution < -0.4 is 0 Å². The number of ether oxygens (including phenoxy) is 5. The molecule has 0 aliphatic heterocycles. The SMILES string of the molecule is C=C1C(O)[C@]23C[C@H]1CC(OC(C)=O)[C@H]2[C@]1(C)CC(OC(C)=O)C(OC(C)=O)C(C)(C)[C@H]1C(OC(C)=O)C3OC(C)=O. The lowest BCUT2D eigenvalue weighted by Crippen LogP contribution is -2.76. The first-order chi connectivity index (χ1) is 18.9. The van der Waals surface area contributed by atoms with Gasteiger partial charge in [0.15, 0.2) is 0 Å². The van der Waals surface area contributed by atoms with Crippen LogP contribution in [0.15, 0.2) is 12.2 Å². The highest BCUT2D eigenvalue weighted by molar-refractivity contribution is 5.69. The molecule has 0 heterocycles. The quantitative estimate of drug-likeness (QED) is 0.291. The fourth-order valence-corrected chi connectivity index (χ4v) is 9.52. The highest BCUT2D eigenvalue weighted by Crippen LogP contribution is 2.73. The minimum absolute atomic E-state index is 0.136. The molecule has 0 aromatic carbocycles. The summed E-state index contributed by atoms with van der Waals surface area (Å²) >= 11 is 0. The topological polar surface area (TPSA) is 152 Å². The fourth-order valence-electron chi connectivity index (χ4n) is 9.52. The summed E-state index contributed by atoms with van der Waals surface area (Å²) in [6.45, 7) is 16.1. The summed E-state index contributed by atoms with van der Waals surface area (Å²) < 4.78 is 29.6. The van der Waals surface area contributed by atoms with E-state index in [0.717, 1.165) is 0 Å². The van der Waals surface area contributed by atoms with Crippen molar-refractivity contribution in [3.05, 3.63) is 12.2 Å². The van der Waals surface area contributed by atoms with Gasteiger partial charge >= 0.3 is 29.8 Å². The Labute approximate surface area is 240 Å². The second-order valence-corrected chi connectivity index (χ2v) is 13.1. The van der Waals surface area contributed by atoms with Gasteiger partial charge < -0.3 is 28.8 Å². The number of rotatable bonds is 5. The molecule has 41 heavy (non-hydrogen) atoms. The molecule has 4 fully saturated rings. The first-order valence-corrected chi connectivity index (χ1v) is 14.1. The lowest BCUT2D eigenvalue weighted by Gasteiger charge is -2.69. The summed E-state index contributed by atoms with van der Waals surface area (Å²) in [5.41, 5.74) is -2.68. The predicted molar refractivity (Wildman–Crippen MR) is 142 cm³/mol. The van der Waals surface area contributed by atoms with E-state index in [9.17, 15) is 29.1 Å². The first-order valence-electron chi connectivity index (χ1n) is 14.1. The molecule has 11 atom stereocenters. The Bertz CT molecular complexity index is 1160. The summed E-state index contributed by atoms with van der Waals surface area (Å²) in [6, 6.07) is 0. The average Bonchev–Trinajstić information content (AvgIpc) is 2.98. The number of esters is 5. The van der Waals surface area contributed by atoms with Crippen LogP contribution in [0.2, 0.25) is 0 Å². The highest BCUT2D eigenvalue weighted by atomic mass is 16.6. The molecule has 0 saturated heterocycles. The molecule has 4 saturated carbocycles. The third kappa shape index (κ3) is 4.83. The zero-order valence-electron chi connectivity index (χ0n) is 25.1. The number of aliphatic hydroxyl groups excluding tert-OH is 1. The monoisotopic (exact) mass is 578 g/mol. The number of fused-ring (bicyclic) bond motifs is 3. The van der Waals surface area contributed by atoms with Crippen molar-refractivity contribution in [3.63, 3.8) is 0 Å². The number of hydrogen-bond donors (Lipinski definition) is 1. The van der Waals surface area contributed by atoms with Gasteiger partial charge in [-0.2, -0.15) is 0 Å². The van der Waals surface area contributed by atoms with Crippen molar-refractivity contribution < 1.29 is 52.8 Å². The van der Waals surface area contributed by atoms with E-state index in [1.165, 1.54) is 34.6 Å². The summed E-state index contributed by atoms with van der Waals surface area (Å²) in [5, 5.41) is 11.9. The molecule has 6 unspecified atom stereocenters. The van der Waals surface area contributed by atoms with E-state index in [2.05, 4.69) is 6.58 Å². The maximum atomic E-state index is 12.7. The van der Waals surface area contributed by atoms with E-state index in [4.69, 9.17) is 23.7 Å². The largest absolute Gasteiger partial charge is 0.462 e. The van der Waals surface area contributed by atoms with Crippen LogP contribution >= 0.6 is 0 Å². The van der Waals surface area contributed by atoms with Crippen LogP contribution in [0.5, 0.6) is 0 Å². The Morgan fingerprint density at radius 2 is 1.20 bits per heavy atom. The smallest absolute Gasteiger partial charge is 0.303 e. The normalized spacial score (nSPS) is 42.2. The average molecular weight is 579 g/mol. The van der Waals surface area contributed by atoms with Crippen LogP contribution in [0.25, 0.3) is 0 Å². The van der Waals surface area contributed by atoms with Gasteiger partial charge in [0.1, 0.15) is 30.5 Å². The standard InChI is InChI=1S/C30H42O11/c1-13-19-10-20(37-14(2)31)23-29(9)12-21(38-15(3)32)26(40-17(5)34)28(7,8)24(29)22(39-16(4)33)27(41-18(6)35)30(23,11-19)25(13)36/h19-27,36H,1,10-12H2,2-9H3/t19-,20?,21?,22?,23+,24-,25?,26?,27?,29+,30+/m1/s1. The van der Waals surface area contributed by atoms with Gasteiger partial charge in [-0.25, -0.2) is 0 Å². The van der Waals surface area contributed by atoms with Gasteiger partial charge in [0, 0.05) is 57.3 Å². The number of hydrogen-bond acceptors (Lipinski definition) is 11. The van der Waals surface area contributed by atoms with Crippen LogP contribution in [0.3, 0.4) is 0 Å². The van der Waals surface area contributed by atoms with Crippen molar-refractivity contribution in [1.82, 2.24) is 0 Å². The molecule has 0 radical (unpaired) electrons. The number of carbonyl (C=O) groups is 5. The Hall–Kier alpha value is -2.95. The van der Waals surface area contributed by atoms with E-state index < -0.39 is 94.6 Å². The third-order valence-electron chi connectivity index (χ3n) is 10.1. The maximum absolute atomic E-state index is 12.7. The molecule has 2 bridgehead atoms. The molecule has 4 aliphatic rings. The van der Waals surface area contributed by atoms with Gasteiger partial charge in [0.25, 0.3) is 0 Å². The third-order valence-corrected chi connectivity index (χ3v) is 10.1. The van der Waals surface area contributed by atoms with E-state index in [1.54, 1.807) is 0 Å². The summed E-state index contributed by atoms with van der Waals surface area (Å²) in [5.74, 6) is -4.47. The highest BCUT2D eigenvalue weighted by Gasteiger charge is 2.79. The van der Waals surface area contributed by atoms with Crippen molar-refractivity contribution in [1.29, 1.82) is 0 Å². The Balaban J connectivity index is 2.05. The van der Waals surface area contributed by atoms with E-state index in [1.807, 2.05) is 20.8 Å². The van der Waals surface area contributed by atoms with Crippen LogP contribution in [-0.2, 0) is 47.7 Å². The van der Waals surface area contributed by atoms with Gasteiger partial charge in [-0.05, 0) is 36.2 Å². The lowest BCUT2D eigenvalue weighted by atomic mass is 9.38. The van der Waals surface area contributed by atoms with Crippen LogP contribution in [0.1, 0.15) is 74.7 Å². The van der Waals surface area contributed by atoms with Crippen LogP contribution in [0, 0.1) is 34.0 Å². The van der Waals surface area contributed by atoms with Gasteiger partial charge in [-0.1, -0.05) is 27.4 Å². The second kappa shape index (κ2) is 10.4. The number of carbonyl (C=O) groups excluding carboxylic acids is 5. The molecule has 4 rings (SSSR count). The van der Waals surface area contributed by atoms with Crippen molar-refractivity contribution in [2.75, 3.05) is 0 Å². The van der Waals surface area contributed by atoms with Gasteiger partial charge in [-0.3, -0.25) is 24.0 Å². The summed E-state index contributed by atoms with van der Waals surface area (Å²) in [6.07, 6.45) is -5.06. The molecular formula is C30H42O11. The van der Waals surface area contributed by atoms with Gasteiger partial charge in [0.2, 0.25) is 0 Å². The minimum atomic E-state index is -1.23. The number of aliphatic hydroxyl groups is 1. The Morgan fingerprint density at radius 1 is 0.707 bits per heavy atom. The molecule has 4 aliphatic carbocycles. The molecule has 228 valence electrons. The summed E-state index contributed by atoms with van der Waals surface area (Å²) in [7, 11) is 0. The molecular weight excluding hydrogens is 536 g/mol. The zero-order valence-corrected chi connectivity index (χ0v) is 25.1. The van der Waals surface area contributed by atoms with Crippen LogP contribution in [0.4, 0.5) is 0 Å². The van der Waals surface area contributed by atoms with Crippen molar-refractivity contribution in [2.24, 2.45) is 34.0 Å². The predicted octanol–water partition coefficient (Wildman–Crippen LogP) is 2.65. The van der Waals surface area contributed by atoms with Gasteiger partial charge in [-0.15, -0.1) is 0 Å². The molecule has 1 spiro atoms. The van der Waals surface area contributed by atoms with E-state index >= 15 is 0 Å². The molecule has 1 N–H and O–H groups in total. The molecule has 0 amide bonds.